The van der Waals surface area contributed by atoms with Crippen molar-refractivity contribution in [3.05, 3.63) is 41.6 Å². The number of aromatic nitrogens is 2. The minimum Gasteiger partial charge on any atom is -0.370 e. The smallest absolute Gasteiger partial charge is 0.127 e. The number of hydrogen-bond acceptors (Lipinski definition) is 4. The molecule has 0 aliphatic heterocycles. The first kappa shape index (κ1) is 12.2. The third-order valence-corrected chi connectivity index (χ3v) is 3.10. The molecule has 0 atom stereocenters. The van der Waals surface area contributed by atoms with Crippen molar-refractivity contribution in [2.45, 2.75) is 17.0 Å². The van der Waals surface area contributed by atoms with Crippen LogP contribution in [0.5, 0.6) is 0 Å². The molecule has 0 aliphatic carbocycles. The minimum atomic E-state index is 0.642. The van der Waals surface area contributed by atoms with Gasteiger partial charge < -0.3 is 5.32 Å². The molecule has 2 heterocycles. The van der Waals surface area contributed by atoms with E-state index in [0.29, 0.717) is 5.02 Å². The molecule has 0 unspecified atom stereocenters. The van der Waals surface area contributed by atoms with E-state index < -0.39 is 0 Å². The highest BCUT2D eigenvalue weighted by atomic mass is 35.5. The molecule has 3 nitrogen and oxygen atoms in total. The van der Waals surface area contributed by atoms with E-state index in [1.54, 1.807) is 6.20 Å². The summed E-state index contributed by atoms with van der Waals surface area (Å²) in [6.07, 6.45) is 1.64. The highest BCUT2D eigenvalue weighted by Gasteiger charge is 2.01. The summed E-state index contributed by atoms with van der Waals surface area (Å²) in [4.78, 5) is 8.68. The molecule has 0 fully saturated rings. The summed E-state index contributed by atoms with van der Waals surface area (Å²) >= 11 is 7.30. The predicted octanol–water partition coefficient (Wildman–Crippen LogP) is 3.71. The number of halogens is 1. The van der Waals surface area contributed by atoms with Gasteiger partial charge in [-0.25, -0.2) is 9.97 Å². The number of nitrogens with zero attached hydrogens (tertiary/aromatic N) is 2. The van der Waals surface area contributed by atoms with Gasteiger partial charge in [0.05, 0.1) is 5.02 Å². The predicted molar refractivity (Wildman–Crippen MR) is 71.8 cm³/mol. The van der Waals surface area contributed by atoms with Crippen molar-refractivity contribution in [2.24, 2.45) is 0 Å². The summed E-state index contributed by atoms with van der Waals surface area (Å²) in [5.41, 5.74) is 0. The van der Waals surface area contributed by atoms with Gasteiger partial charge in [-0.1, -0.05) is 29.4 Å². The van der Waals surface area contributed by atoms with Crippen molar-refractivity contribution in [1.29, 1.82) is 0 Å². The molecule has 0 saturated heterocycles. The summed E-state index contributed by atoms with van der Waals surface area (Å²) in [6.45, 7) is 2.91. The molecule has 17 heavy (non-hydrogen) atoms. The number of pyridine rings is 2. The van der Waals surface area contributed by atoms with Crippen LogP contribution < -0.4 is 5.32 Å². The second kappa shape index (κ2) is 5.89. The normalized spacial score (nSPS) is 10.2. The maximum Gasteiger partial charge on any atom is 0.127 e. The van der Waals surface area contributed by atoms with Crippen LogP contribution in [0.2, 0.25) is 5.02 Å². The van der Waals surface area contributed by atoms with E-state index in [4.69, 9.17) is 11.6 Å². The first-order valence-corrected chi connectivity index (χ1v) is 6.47. The lowest BCUT2D eigenvalue weighted by Crippen LogP contribution is -1.98. The van der Waals surface area contributed by atoms with Crippen molar-refractivity contribution in [1.82, 2.24) is 9.97 Å². The molecule has 2 rings (SSSR count). The monoisotopic (exact) mass is 265 g/mol. The van der Waals surface area contributed by atoms with Crippen LogP contribution in [0.15, 0.2) is 46.6 Å². The van der Waals surface area contributed by atoms with Crippen molar-refractivity contribution < 1.29 is 0 Å². The third kappa shape index (κ3) is 3.61. The molecule has 0 radical (unpaired) electrons. The second-order valence-corrected chi connectivity index (χ2v) is 4.79. The zero-order valence-electron chi connectivity index (χ0n) is 9.35. The van der Waals surface area contributed by atoms with E-state index in [1.807, 2.05) is 37.3 Å². The molecule has 0 bridgehead atoms. The summed E-state index contributed by atoms with van der Waals surface area (Å²) in [6, 6.07) is 9.59. The summed E-state index contributed by atoms with van der Waals surface area (Å²) in [5.74, 6) is 0.881. The van der Waals surface area contributed by atoms with Gasteiger partial charge in [0, 0.05) is 12.7 Å². The Labute approximate surface area is 110 Å². The fourth-order valence-electron chi connectivity index (χ4n) is 1.28. The molecule has 88 valence electrons. The van der Waals surface area contributed by atoms with Crippen LogP contribution in [-0.4, -0.2) is 16.5 Å². The van der Waals surface area contributed by atoms with Gasteiger partial charge in [0.1, 0.15) is 15.9 Å². The van der Waals surface area contributed by atoms with Gasteiger partial charge in [0.15, 0.2) is 0 Å². The molecule has 1 N–H and O–H groups in total. The number of nitrogens with one attached hydrogen (secondary N) is 1. The van der Waals surface area contributed by atoms with Crippen LogP contribution >= 0.6 is 23.4 Å². The molecule has 2 aromatic heterocycles. The molecule has 0 saturated carbocycles. The Morgan fingerprint density at radius 3 is 2.82 bits per heavy atom. The van der Waals surface area contributed by atoms with Crippen molar-refractivity contribution >= 4 is 29.2 Å². The molecule has 5 heteroatoms. The quantitative estimate of drug-likeness (QED) is 0.914. The zero-order chi connectivity index (χ0) is 12.1. The van der Waals surface area contributed by atoms with Gasteiger partial charge in [-0.2, -0.15) is 0 Å². The third-order valence-electron chi connectivity index (χ3n) is 1.99. The Bertz CT molecular complexity index is 487. The molecular weight excluding hydrogens is 254 g/mol. The average Bonchev–Trinajstić information content (AvgIpc) is 2.33. The molecule has 0 amide bonds. The lowest BCUT2D eigenvalue weighted by Gasteiger charge is -2.04. The van der Waals surface area contributed by atoms with Crippen LogP contribution in [0.3, 0.4) is 0 Å². The van der Waals surface area contributed by atoms with Gasteiger partial charge in [0.25, 0.3) is 0 Å². The molecule has 0 aromatic carbocycles. The van der Waals surface area contributed by atoms with Crippen molar-refractivity contribution in [3.63, 3.8) is 0 Å². The first-order chi connectivity index (χ1) is 8.28. The van der Waals surface area contributed by atoms with Crippen LogP contribution in [-0.2, 0) is 0 Å². The van der Waals surface area contributed by atoms with Crippen molar-refractivity contribution in [3.8, 4) is 0 Å². The standard InChI is InChI=1S/C12H12ClN3S/c1-2-14-10-4-3-5-12(16-10)17-11-7-6-9(13)8-15-11/h3-8H,2H2,1H3,(H,14,16). The lowest BCUT2D eigenvalue weighted by molar-refractivity contribution is 1.07. The maximum absolute atomic E-state index is 5.78. The van der Waals surface area contributed by atoms with Gasteiger partial charge in [-0.15, -0.1) is 0 Å². The average molecular weight is 266 g/mol. The molecule has 2 aromatic rings. The Kier molecular flexibility index (Phi) is 4.23. The second-order valence-electron chi connectivity index (χ2n) is 3.31. The van der Waals surface area contributed by atoms with E-state index in [2.05, 4.69) is 15.3 Å². The highest BCUT2D eigenvalue weighted by Crippen LogP contribution is 2.25. The molecule has 0 aliphatic rings. The van der Waals surface area contributed by atoms with E-state index in [9.17, 15) is 0 Å². The summed E-state index contributed by atoms with van der Waals surface area (Å²) in [5, 5.41) is 5.62. The summed E-state index contributed by atoms with van der Waals surface area (Å²) < 4.78 is 0. The Morgan fingerprint density at radius 1 is 1.24 bits per heavy atom. The van der Waals surface area contributed by atoms with Crippen LogP contribution in [0.25, 0.3) is 0 Å². The maximum atomic E-state index is 5.78. The number of hydrogen-bond donors (Lipinski definition) is 1. The van der Waals surface area contributed by atoms with Gasteiger partial charge in [-0.05, 0) is 31.2 Å². The number of anilines is 1. The van der Waals surface area contributed by atoms with Crippen LogP contribution in [0.1, 0.15) is 6.92 Å². The summed E-state index contributed by atoms with van der Waals surface area (Å²) in [7, 11) is 0. The van der Waals surface area contributed by atoms with E-state index in [-0.39, 0.29) is 0 Å². The number of rotatable bonds is 4. The lowest BCUT2D eigenvalue weighted by atomic mass is 10.4. The molecular formula is C12H12ClN3S. The van der Waals surface area contributed by atoms with E-state index in [0.717, 1.165) is 22.4 Å². The SMILES string of the molecule is CCNc1cccc(Sc2ccc(Cl)cn2)n1. The van der Waals surface area contributed by atoms with E-state index >= 15 is 0 Å². The molecule has 0 spiro atoms. The van der Waals surface area contributed by atoms with Gasteiger partial charge in [-0.3, -0.25) is 0 Å². The van der Waals surface area contributed by atoms with Crippen LogP contribution in [0.4, 0.5) is 5.82 Å². The fourth-order valence-corrected chi connectivity index (χ4v) is 2.14. The topological polar surface area (TPSA) is 37.8 Å². The largest absolute Gasteiger partial charge is 0.370 e. The van der Waals surface area contributed by atoms with Crippen molar-refractivity contribution in [2.75, 3.05) is 11.9 Å². The highest BCUT2D eigenvalue weighted by molar-refractivity contribution is 7.99. The first-order valence-electron chi connectivity index (χ1n) is 5.28. The Hall–Kier alpha value is -1.26. The van der Waals surface area contributed by atoms with Gasteiger partial charge >= 0.3 is 0 Å². The minimum absolute atomic E-state index is 0.642. The van der Waals surface area contributed by atoms with Crippen LogP contribution in [0, 0.1) is 0 Å². The van der Waals surface area contributed by atoms with Gasteiger partial charge in [0.2, 0.25) is 0 Å². The van der Waals surface area contributed by atoms with E-state index in [1.165, 1.54) is 11.8 Å². The zero-order valence-corrected chi connectivity index (χ0v) is 10.9. The Balaban J connectivity index is 2.12. The fraction of sp³-hybridized carbons (Fsp3) is 0.167. The Morgan fingerprint density at radius 2 is 2.12 bits per heavy atom.